The monoisotopic (exact) mass is 359 g/mol. The Morgan fingerprint density at radius 2 is 2.08 bits per heavy atom. The van der Waals surface area contributed by atoms with E-state index in [0.717, 1.165) is 49.0 Å². The molecule has 3 rings (SSSR count). The van der Waals surface area contributed by atoms with Crippen molar-refractivity contribution in [3.05, 3.63) is 40.9 Å². The highest BCUT2D eigenvalue weighted by Gasteiger charge is 2.15. The van der Waals surface area contributed by atoms with Crippen LogP contribution in [-0.4, -0.2) is 60.6 Å². The lowest BCUT2D eigenvalue weighted by Gasteiger charge is -2.32. The molecule has 1 saturated heterocycles. The van der Waals surface area contributed by atoms with Gasteiger partial charge >= 0.3 is 5.97 Å². The van der Waals surface area contributed by atoms with Crippen LogP contribution in [0, 0.1) is 0 Å². The number of aromatic nitrogens is 1. The van der Waals surface area contributed by atoms with Gasteiger partial charge in [0.15, 0.2) is 0 Å². The average Bonchev–Trinajstić information content (AvgIpc) is 3.06. The first-order chi connectivity index (χ1) is 12.1. The molecule has 2 heterocycles. The topological polar surface area (TPSA) is 45.7 Å². The molecule has 6 heteroatoms. The molecule has 2 aromatic rings. The second-order valence-electron chi connectivity index (χ2n) is 6.41. The van der Waals surface area contributed by atoms with Crippen LogP contribution in [-0.2, 0) is 22.5 Å². The molecule has 5 nitrogen and oxygen atoms in total. The minimum absolute atomic E-state index is 0.219. The Hall–Kier alpha value is -1.76. The van der Waals surface area contributed by atoms with Gasteiger partial charge < -0.3 is 9.64 Å². The fourth-order valence-corrected chi connectivity index (χ4v) is 3.76. The number of thiazole rings is 1. The number of nitrogens with zero attached hydrogens (tertiary/aromatic N) is 3. The average molecular weight is 359 g/mol. The van der Waals surface area contributed by atoms with Crippen molar-refractivity contribution in [2.45, 2.75) is 19.9 Å². The van der Waals surface area contributed by atoms with Crippen molar-refractivity contribution < 1.29 is 9.53 Å². The van der Waals surface area contributed by atoms with Crippen LogP contribution >= 0.6 is 11.3 Å². The van der Waals surface area contributed by atoms with E-state index in [-0.39, 0.29) is 12.4 Å². The maximum Gasteiger partial charge on any atom is 0.311 e. The normalized spacial score (nSPS) is 16.1. The van der Waals surface area contributed by atoms with E-state index in [9.17, 15) is 4.79 Å². The van der Waals surface area contributed by atoms with Crippen LogP contribution in [0.5, 0.6) is 0 Å². The van der Waals surface area contributed by atoms with E-state index in [1.54, 1.807) is 11.3 Å². The van der Waals surface area contributed by atoms with Gasteiger partial charge in [-0.25, -0.2) is 4.98 Å². The van der Waals surface area contributed by atoms with Crippen LogP contribution in [0.4, 0.5) is 0 Å². The lowest BCUT2D eigenvalue weighted by Crippen LogP contribution is -2.43. The first kappa shape index (κ1) is 18.0. The Morgan fingerprint density at radius 1 is 1.28 bits per heavy atom. The van der Waals surface area contributed by atoms with Crippen molar-refractivity contribution in [3.63, 3.8) is 0 Å². The number of hydrogen-bond donors (Lipinski definition) is 0. The van der Waals surface area contributed by atoms with Gasteiger partial charge in [0.2, 0.25) is 0 Å². The molecule has 1 aromatic carbocycles. The molecular weight excluding hydrogens is 334 g/mol. The van der Waals surface area contributed by atoms with E-state index in [0.29, 0.717) is 6.61 Å². The largest absolute Gasteiger partial charge is 0.466 e. The summed E-state index contributed by atoms with van der Waals surface area (Å²) in [5.74, 6) is -0.219. The number of likely N-dealkylation sites (N-methyl/N-ethyl adjacent to an activating group) is 1. The zero-order valence-electron chi connectivity index (χ0n) is 14.9. The van der Waals surface area contributed by atoms with Gasteiger partial charge in [0.25, 0.3) is 0 Å². The van der Waals surface area contributed by atoms with Gasteiger partial charge in [0, 0.05) is 43.7 Å². The molecule has 134 valence electrons. The van der Waals surface area contributed by atoms with E-state index < -0.39 is 0 Å². The van der Waals surface area contributed by atoms with Crippen LogP contribution < -0.4 is 0 Å². The number of carbonyl (C=O) groups is 1. The zero-order chi connectivity index (χ0) is 17.6. The SMILES string of the molecule is CCOC(=O)Cc1csc(-c2cccc(CN3CCN(C)CC3)c2)n1. The molecular formula is C19H25N3O2S. The second kappa shape index (κ2) is 8.56. The standard InChI is InChI=1S/C19H25N3O2S/c1-3-24-18(23)12-17-14-25-19(20-17)16-6-4-5-15(11-16)13-22-9-7-21(2)8-10-22/h4-6,11,14H,3,7-10,12-13H2,1-2H3. The minimum Gasteiger partial charge on any atom is -0.466 e. The summed E-state index contributed by atoms with van der Waals surface area (Å²) in [6, 6.07) is 8.56. The zero-order valence-corrected chi connectivity index (χ0v) is 15.7. The summed E-state index contributed by atoms with van der Waals surface area (Å²) < 4.78 is 4.99. The Balaban J connectivity index is 1.65. The fourth-order valence-electron chi connectivity index (χ4n) is 2.95. The molecule has 1 fully saturated rings. The van der Waals surface area contributed by atoms with E-state index >= 15 is 0 Å². The maximum atomic E-state index is 11.6. The number of rotatable bonds is 6. The van der Waals surface area contributed by atoms with Crippen LogP contribution in [0.1, 0.15) is 18.2 Å². The molecule has 0 aliphatic carbocycles. The van der Waals surface area contributed by atoms with Gasteiger partial charge in [-0.3, -0.25) is 9.69 Å². The molecule has 1 aliphatic heterocycles. The molecule has 0 spiro atoms. The van der Waals surface area contributed by atoms with Crippen molar-refractivity contribution in [1.29, 1.82) is 0 Å². The lowest BCUT2D eigenvalue weighted by molar-refractivity contribution is -0.142. The number of benzene rings is 1. The predicted octanol–water partition coefficient (Wildman–Crippen LogP) is 2.66. The molecule has 0 radical (unpaired) electrons. The van der Waals surface area contributed by atoms with E-state index in [4.69, 9.17) is 4.74 Å². The van der Waals surface area contributed by atoms with Crippen LogP contribution in [0.2, 0.25) is 0 Å². The van der Waals surface area contributed by atoms with Gasteiger partial charge in [-0.1, -0.05) is 18.2 Å². The third-order valence-corrected chi connectivity index (χ3v) is 5.30. The van der Waals surface area contributed by atoms with E-state index in [1.165, 1.54) is 5.56 Å². The summed E-state index contributed by atoms with van der Waals surface area (Å²) in [5.41, 5.74) is 3.21. The second-order valence-corrected chi connectivity index (χ2v) is 7.26. The van der Waals surface area contributed by atoms with Crippen LogP contribution in [0.3, 0.4) is 0 Å². The molecule has 0 amide bonds. The van der Waals surface area contributed by atoms with Crippen molar-refractivity contribution in [1.82, 2.24) is 14.8 Å². The predicted molar refractivity (Wildman–Crippen MR) is 101 cm³/mol. The number of carbonyl (C=O) groups excluding carboxylic acids is 1. The summed E-state index contributed by atoms with van der Waals surface area (Å²) in [4.78, 5) is 21.1. The summed E-state index contributed by atoms with van der Waals surface area (Å²) in [5, 5.41) is 2.90. The molecule has 25 heavy (non-hydrogen) atoms. The summed E-state index contributed by atoms with van der Waals surface area (Å²) in [6.07, 6.45) is 0.241. The molecule has 0 N–H and O–H groups in total. The van der Waals surface area contributed by atoms with E-state index in [2.05, 4.69) is 46.1 Å². The molecule has 0 bridgehead atoms. The van der Waals surface area contributed by atoms with Crippen molar-refractivity contribution in [2.75, 3.05) is 39.8 Å². The van der Waals surface area contributed by atoms with Crippen molar-refractivity contribution >= 4 is 17.3 Å². The smallest absolute Gasteiger partial charge is 0.311 e. The molecule has 0 unspecified atom stereocenters. The number of ether oxygens (including phenoxy) is 1. The number of esters is 1. The molecule has 0 saturated carbocycles. The van der Waals surface area contributed by atoms with Gasteiger partial charge in [0.05, 0.1) is 18.7 Å². The quantitative estimate of drug-likeness (QED) is 0.742. The van der Waals surface area contributed by atoms with Gasteiger partial charge in [-0.15, -0.1) is 11.3 Å². The first-order valence-electron chi connectivity index (χ1n) is 8.74. The highest BCUT2D eigenvalue weighted by Crippen LogP contribution is 2.25. The molecule has 0 atom stereocenters. The Kier molecular flexibility index (Phi) is 6.18. The highest BCUT2D eigenvalue weighted by molar-refractivity contribution is 7.13. The van der Waals surface area contributed by atoms with Crippen LogP contribution in [0.25, 0.3) is 10.6 Å². The summed E-state index contributed by atoms with van der Waals surface area (Å²) in [6.45, 7) is 7.68. The molecule has 1 aliphatic rings. The van der Waals surface area contributed by atoms with E-state index in [1.807, 2.05) is 12.3 Å². The Bertz CT molecular complexity index is 708. The summed E-state index contributed by atoms with van der Waals surface area (Å²) >= 11 is 1.58. The van der Waals surface area contributed by atoms with Gasteiger partial charge in [-0.2, -0.15) is 0 Å². The van der Waals surface area contributed by atoms with Gasteiger partial charge in [-0.05, 0) is 25.6 Å². The number of hydrogen-bond acceptors (Lipinski definition) is 6. The first-order valence-corrected chi connectivity index (χ1v) is 9.62. The van der Waals surface area contributed by atoms with Crippen molar-refractivity contribution in [3.8, 4) is 10.6 Å². The highest BCUT2D eigenvalue weighted by atomic mass is 32.1. The lowest BCUT2D eigenvalue weighted by atomic mass is 10.1. The Morgan fingerprint density at radius 3 is 2.84 bits per heavy atom. The molecule has 1 aromatic heterocycles. The third kappa shape index (κ3) is 5.11. The fraction of sp³-hybridized carbons (Fsp3) is 0.474. The van der Waals surface area contributed by atoms with Crippen LogP contribution in [0.15, 0.2) is 29.6 Å². The minimum atomic E-state index is -0.219. The third-order valence-electron chi connectivity index (χ3n) is 4.36. The van der Waals surface area contributed by atoms with Crippen molar-refractivity contribution in [2.24, 2.45) is 0 Å². The maximum absolute atomic E-state index is 11.6. The number of piperazine rings is 1. The van der Waals surface area contributed by atoms with Gasteiger partial charge in [0.1, 0.15) is 5.01 Å². The summed E-state index contributed by atoms with van der Waals surface area (Å²) in [7, 11) is 2.17. The Labute approximate surface area is 153 Å².